The van der Waals surface area contributed by atoms with Crippen LogP contribution in [0.4, 0.5) is 36.3 Å². The molecular weight excluding hydrogens is 642 g/mol. The van der Waals surface area contributed by atoms with E-state index in [4.69, 9.17) is 18.5 Å². The average Bonchev–Trinajstić information content (AvgIpc) is 3.51. The summed E-state index contributed by atoms with van der Waals surface area (Å²) in [5, 5.41) is 12.5. The first kappa shape index (κ1) is 33.7. The maximum Gasteiger partial charge on any atom is 0.421 e. The Kier molecular flexibility index (Phi) is 10.0. The van der Waals surface area contributed by atoms with Crippen molar-refractivity contribution in [3.63, 3.8) is 0 Å². The van der Waals surface area contributed by atoms with Gasteiger partial charge in [0.15, 0.2) is 0 Å². The van der Waals surface area contributed by atoms with Gasteiger partial charge in [-0.2, -0.15) is 23.3 Å². The number of nitrogens with one attached hydrogen (secondary N) is 3. The third kappa shape index (κ3) is 7.50. The molecule has 13 nitrogen and oxygen atoms in total. The van der Waals surface area contributed by atoms with Crippen molar-refractivity contribution >= 4 is 36.6 Å². The number of alkyl halides is 3. The zero-order valence-electron chi connectivity index (χ0n) is 26.0. The van der Waals surface area contributed by atoms with Crippen LogP contribution in [0.3, 0.4) is 0 Å². The van der Waals surface area contributed by atoms with Crippen LogP contribution in [0, 0.1) is 0 Å². The molecule has 8 bridgehead atoms. The summed E-state index contributed by atoms with van der Waals surface area (Å²) in [5.74, 6) is -1.05. The molecule has 4 aliphatic rings. The van der Waals surface area contributed by atoms with Crippen LogP contribution in [0.15, 0.2) is 48.9 Å². The van der Waals surface area contributed by atoms with Crippen LogP contribution < -0.4 is 25.4 Å². The summed E-state index contributed by atoms with van der Waals surface area (Å²) in [4.78, 5) is 21.2. The normalized spacial score (nSPS) is 16.7. The Morgan fingerprint density at radius 1 is 1.13 bits per heavy atom. The van der Waals surface area contributed by atoms with Crippen LogP contribution in [0.5, 0.6) is 11.5 Å². The van der Waals surface area contributed by atoms with E-state index >= 15 is 0 Å². The van der Waals surface area contributed by atoms with Gasteiger partial charge in [-0.05, 0) is 43.2 Å². The number of aromatic nitrogens is 4. The molecular formula is C30H33F3N7O6P. The van der Waals surface area contributed by atoms with Gasteiger partial charge in [0.2, 0.25) is 5.95 Å². The molecule has 4 aliphatic heterocycles. The Bertz CT molecular complexity index is 1820. The zero-order valence-corrected chi connectivity index (χ0v) is 26.9. The number of hydrogen-bond donors (Lipinski definition) is 3. The molecule has 1 atom stereocenters. The van der Waals surface area contributed by atoms with E-state index in [9.17, 15) is 22.5 Å². The first-order chi connectivity index (χ1) is 22.5. The highest BCUT2D eigenvalue weighted by molar-refractivity contribution is 7.53. The molecule has 6 heterocycles. The lowest BCUT2D eigenvalue weighted by molar-refractivity contribution is -0.137. The summed E-state index contributed by atoms with van der Waals surface area (Å²) in [7, 11) is 0.585. The van der Waals surface area contributed by atoms with E-state index in [1.54, 1.807) is 48.3 Å². The fraction of sp³-hybridized carbons (Fsp3) is 0.333. The van der Waals surface area contributed by atoms with Gasteiger partial charge < -0.3 is 34.5 Å². The lowest BCUT2D eigenvalue weighted by Crippen LogP contribution is -2.21. The fourth-order valence-electron chi connectivity index (χ4n) is 5.01. The summed E-state index contributed by atoms with van der Waals surface area (Å²) in [6, 6.07) is 7.92. The van der Waals surface area contributed by atoms with Crippen LogP contribution >= 0.6 is 7.60 Å². The Morgan fingerprint density at radius 2 is 1.91 bits per heavy atom. The van der Waals surface area contributed by atoms with Crippen LogP contribution in [0.1, 0.15) is 34.8 Å². The first-order valence-electron chi connectivity index (χ1n) is 14.5. The summed E-state index contributed by atoms with van der Waals surface area (Å²) in [6.07, 6.45) is -0.504. The van der Waals surface area contributed by atoms with Crippen molar-refractivity contribution in [3.8, 4) is 22.6 Å². The van der Waals surface area contributed by atoms with Gasteiger partial charge in [0.25, 0.3) is 5.91 Å². The monoisotopic (exact) mass is 675 g/mol. The van der Waals surface area contributed by atoms with Crippen LogP contribution in [0.2, 0.25) is 0 Å². The molecule has 0 fully saturated rings. The standard InChI is InChI=1S/C30H33F3N7O6P/c1-5-45-47(42)17-18-7-9-22(24(13-18)43-3)38-29-35-15-21(30(31,32)33)27(39-29)37-23-10-8-20(26(44-4)25(23)28(41)34-2)19-14-36-40(16-19)11-6-12-46-47/h7-10,13-16H,5-6,11-12,17H2,1-4H3,(H,34,41)(H2,35,37,38,39). The molecule has 3 N–H and O–H groups in total. The number of hydrogen-bond acceptors (Lipinski definition) is 11. The van der Waals surface area contributed by atoms with Gasteiger partial charge >= 0.3 is 13.8 Å². The topological polar surface area (TPSA) is 151 Å². The fourth-order valence-corrected chi connectivity index (χ4v) is 6.71. The minimum Gasteiger partial charge on any atom is -0.495 e. The molecule has 0 saturated carbocycles. The smallest absolute Gasteiger partial charge is 0.421 e. The number of carbonyl (C=O) groups excluding carboxylic acids is 1. The van der Waals surface area contributed by atoms with E-state index in [1.165, 1.54) is 27.3 Å². The Morgan fingerprint density at radius 3 is 2.62 bits per heavy atom. The van der Waals surface area contributed by atoms with Crippen molar-refractivity contribution in [2.75, 3.05) is 45.1 Å². The molecule has 17 heteroatoms. The van der Waals surface area contributed by atoms with E-state index < -0.39 is 31.1 Å². The van der Waals surface area contributed by atoms with Gasteiger partial charge in [-0.25, -0.2) is 4.98 Å². The number of benzene rings is 2. The lowest BCUT2D eigenvalue weighted by atomic mass is 10.0. The van der Waals surface area contributed by atoms with Crippen molar-refractivity contribution in [3.05, 3.63) is 65.6 Å². The Hall–Kier alpha value is -4.66. The number of methoxy groups -OCH3 is 2. The SMILES string of the molecule is CCOP1(=O)Cc2ccc(c(OC)c2)Nc2ncc(C(F)(F)F)c(n2)Nc2ccc(c(OC)c2C(=O)NC)-c2cnn(c2)CCCO1. The lowest BCUT2D eigenvalue weighted by Gasteiger charge is -2.20. The molecule has 0 aliphatic carbocycles. The maximum absolute atomic E-state index is 14.2. The Balaban J connectivity index is 1.67. The van der Waals surface area contributed by atoms with Gasteiger partial charge in [0.05, 0.1) is 51.2 Å². The number of nitrogens with zero attached hydrogens (tertiary/aromatic N) is 4. The van der Waals surface area contributed by atoms with Crippen molar-refractivity contribution in [1.29, 1.82) is 0 Å². The second-order valence-electron chi connectivity index (χ2n) is 10.3. The minimum atomic E-state index is -4.84. The van der Waals surface area contributed by atoms with Crippen molar-refractivity contribution in [2.45, 2.75) is 32.2 Å². The third-order valence-corrected chi connectivity index (χ3v) is 9.12. The van der Waals surface area contributed by atoms with Gasteiger partial charge in [0.1, 0.15) is 28.4 Å². The number of amides is 1. The highest BCUT2D eigenvalue weighted by Crippen LogP contribution is 2.52. The van der Waals surface area contributed by atoms with Crippen molar-refractivity contribution < 1.29 is 41.1 Å². The molecule has 1 unspecified atom stereocenters. The largest absolute Gasteiger partial charge is 0.495 e. The zero-order chi connectivity index (χ0) is 33.8. The number of carbonyl (C=O) groups is 1. The predicted octanol–water partition coefficient (Wildman–Crippen LogP) is 6.37. The van der Waals surface area contributed by atoms with Crippen molar-refractivity contribution in [1.82, 2.24) is 25.1 Å². The van der Waals surface area contributed by atoms with E-state index in [-0.39, 0.29) is 48.1 Å². The number of halogens is 3. The van der Waals surface area contributed by atoms with Gasteiger partial charge in [-0.3, -0.25) is 14.0 Å². The molecule has 2 aromatic carbocycles. The molecule has 4 aromatic rings. The minimum absolute atomic E-state index is 0.00689. The highest BCUT2D eigenvalue weighted by atomic mass is 31.2. The molecule has 0 saturated heterocycles. The first-order valence-corrected chi connectivity index (χ1v) is 16.2. The van der Waals surface area contributed by atoms with Gasteiger partial charge in [-0.1, -0.05) is 6.07 Å². The Labute approximate surface area is 268 Å². The predicted molar refractivity (Wildman–Crippen MR) is 168 cm³/mol. The second-order valence-corrected chi connectivity index (χ2v) is 12.3. The quantitative estimate of drug-likeness (QED) is 0.202. The second kappa shape index (κ2) is 14.0. The molecule has 8 rings (SSSR count). The number of aryl methyl sites for hydroxylation is 1. The molecule has 47 heavy (non-hydrogen) atoms. The van der Waals surface area contributed by atoms with E-state index in [0.29, 0.717) is 41.5 Å². The van der Waals surface area contributed by atoms with Crippen LogP contribution in [-0.4, -0.2) is 60.1 Å². The summed E-state index contributed by atoms with van der Waals surface area (Å²) in [6.45, 7) is 2.41. The van der Waals surface area contributed by atoms with E-state index in [1.807, 2.05) is 0 Å². The highest BCUT2D eigenvalue weighted by Gasteiger charge is 2.36. The molecule has 2 aromatic heterocycles. The molecule has 1 amide bonds. The van der Waals surface area contributed by atoms with Crippen molar-refractivity contribution in [2.24, 2.45) is 0 Å². The summed E-state index contributed by atoms with van der Waals surface area (Å²) >= 11 is 0. The third-order valence-electron chi connectivity index (χ3n) is 7.14. The maximum atomic E-state index is 14.2. The summed E-state index contributed by atoms with van der Waals surface area (Å²) < 4.78 is 80.3. The average molecular weight is 676 g/mol. The molecule has 0 spiro atoms. The number of ether oxygens (including phenoxy) is 2. The van der Waals surface area contributed by atoms with Gasteiger partial charge in [0, 0.05) is 37.1 Å². The van der Waals surface area contributed by atoms with Gasteiger partial charge in [-0.15, -0.1) is 0 Å². The molecule has 250 valence electrons. The van der Waals surface area contributed by atoms with Crippen LogP contribution in [0.25, 0.3) is 11.1 Å². The summed E-state index contributed by atoms with van der Waals surface area (Å²) in [5.41, 5.74) is 0.747. The number of rotatable bonds is 5. The van der Waals surface area contributed by atoms with E-state index in [2.05, 4.69) is 31.0 Å². The molecule has 0 radical (unpaired) electrons. The van der Waals surface area contributed by atoms with Crippen LogP contribution in [-0.2, 0) is 32.5 Å². The van der Waals surface area contributed by atoms with E-state index in [0.717, 1.165) is 0 Å². The number of anilines is 4.